The molecule has 6 nitrogen and oxygen atoms in total. The third-order valence-electron chi connectivity index (χ3n) is 3.39. The van der Waals surface area contributed by atoms with Crippen LogP contribution in [0, 0.1) is 0 Å². The van der Waals surface area contributed by atoms with Crippen molar-refractivity contribution in [3.8, 4) is 0 Å². The number of thiazole rings is 1. The van der Waals surface area contributed by atoms with E-state index in [1.165, 1.54) is 5.06 Å². The standard InChI is InChI=1S/C13H16N4O2S/c1-3-5-19-17-10-7-16(13(17)18)9(6-14-4-2)11-12(10)20-8-15-11/h3,6,8-10H,1,4-5,7H2,2H3/b14-6+. The van der Waals surface area contributed by atoms with Crippen molar-refractivity contribution in [1.82, 2.24) is 14.9 Å². The molecule has 2 amide bonds. The number of aliphatic imine (C=N–C) groups is 1. The summed E-state index contributed by atoms with van der Waals surface area (Å²) in [6.07, 6.45) is 3.44. The lowest BCUT2D eigenvalue weighted by Gasteiger charge is -2.26. The molecule has 0 saturated carbocycles. The highest BCUT2D eigenvalue weighted by Crippen LogP contribution is 2.44. The van der Waals surface area contributed by atoms with E-state index in [0.717, 1.165) is 10.6 Å². The second kappa shape index (κ2) is 5.34. The number of hydrogen-bond donors (Lipinski definition) is 0. The molecule has 1 aromatic heterocycles. The summed E-state index contributed by atoms with van der Waals surface area (Å²) in [7, 11) is 0. The van der Waals surface area contributed by atoms with Gasteiger partial charge < -0.3 is 4.90 Å². The summed E-state index contributed by atoms with van der Waals surface area (Å²) < 4.78 is 0. The van der Waals surface area contributed by atoms with Crippen molar-refractivity contribution < 1.29 is 9.63 Å². The molecule has 1 saturated heterocycles. The van der Waals surface area contributed by atoms with Crippen LogP contribution in [0.25, 0.3) is 0 Å². The van der Waals surface area contributed by atoms with Crippen LogP contribution in [0.5, 0.6) is 0 Å². The van der Waals surface area contributed by atoms with Crippen LogP contribution >= 0.6 is 11.3 Å². The van der Waals surface area contributed by atoms with E-state index in [2.05, 4.69) is 16.6 Å². The van der Waals surface area contributed by atoms with Gasteiger partial charge in [-0.1, -0.05) is 6.08 Å². The van der Waals surface area contributed by atoms with Gasteiger partial charge in [0.2, 0.25) is 0 Å². The molecule has 0 aromatic carbocycles. The Bertz CT molecular complexity index is 556. The van der Waals surface area contributed by atoms with Gasteiger partial charge in [0.25, 0.3) is 0 Å². The molecule has 1 aromatic rings. The van der Waals surface area contributed by atoms with E-state index in [9.17, 15) is 4.79 Å². The van der Waals surface area contributed by atoms with Crippen LogP contribution in [0.2, 0.25) is 0 Å². The zero-order chi connectivity index (χ0) is 14.1. The number of aromatic nitrogens is 1. The predicted molar refractivity (Wildman–Crippen MR) is 76.7 cm³/mol. The fourth-order valence-corrected chi connectivity index (χ4v) is 3.44. The molecule has 0 radical (unpaired) electrons. The number of rotatable bonds is 5. The van der Waals surface area contributed by atoms with Gasteiger partial charge >= 0.3 is 6.03 Å². The second-order valence-electron chi connectivity index (χ2n) is 4.56. The van der Waals surface area contributed by atoms with Crippen LogP contribution in [-0.2, 0) is 4.84 Å². The Morgan fingerprint density at radius 3 is 3.30 bits per heavy atom. The largest absolute Gasteiger partial charge is 0.345 e. The van der Waals surface area contributed by atoms with Crippen molar-refractivity contribution in [2.24, 2.45) is 4.99 Å². The van der Waals surface area contributed by atoms with Gasteiger partial charge in [-0.25, -0.2) is 9.78 Å². The Kier molecular flexibility index (Phi) is 3.54. The number of nitrogens with zero attached hydrogens (tertiary/aromatic N) is 4. The van der Waals surface area contributed by atoms with E-state index in [0.29, 0.717) is 19.7 Å². The summed E-state index contributed by atoms with van der Waals surface area (Å²) in [4.78, 5) is 29.5. The lowest BCUT2D eigenvalue weighted by atomic mass is 10.0. The van der Waals surface area contributed by atoms with Crippen molar-refractivity contribution in [3.05, 3.63) is 28.7 Å². The fourth-order valence-electron chi connectivity index (χ4n) is 2.54. The summed E-state index contributed by atoms with van der Waals surface area (Å²) in [5.41, 5.74) is 2.73. The lowest BCUT2D eigenvalue weighted by molar-refractivity contribution is -0.118. The fraction of sp³-hybridized carbons (Fsp3) is 0.462. The summed E-state index contributed by atoms with van der Waals surface area (Å²) in [6, 6.07) is -0.386. The minimum atomic E-state index is -0.183. The second-order valence-corrected chi connectivity index (χ2v) is 5.44. The number of fused-ring (bicyclic) bond motifs is 4. The van der Waals surface area contributed by atoms with Crippen molar-refractivity contribution in [3.63, 3.8) is 0 Å². The average Bonchev–Trinajstić information content (AvgIpc) is 3.03. The summed E-state index contributed by atoms with van der Waals surface area (Å²) >= 11 is 1.56. The topological polar surface area (TPSA) is 58.0 Å². The number of hydroxylamine groups is 2. The Labute approximate surface area is 121 Å². The maximum atomic E-state index is 12.4. The van der Waals surface area contributed by atoms with Gasteiger partial charge in [0.1, 0.15) is 12.1 Å². The molecule has 3 heterocycles. The molecular weight excluding hydrogens is 276 g/mol. The number of hydrogen-bond acceptors (Lipinski definition) is 5. The minimum absolute atomic E-state index is 0.0729. The Morgan fingerprint density at radius 2 is 2.55 bits per heavy atom. The quantitative estimate of drug-likeness (QED) is 0.617. The van der Waals surface area contributed by atoms with Gasteiger partial charge in [-0.3, -0.25) is 9.83 Å². The highest BCUT2D eigenvalue weighted by Gasteiger charge is 2.49. The highest BCUT2D eigenvalue weighted by atomic mass is 32.1. The van der Waals surface area contributed by atoms with Gasteiger partial charge in [-0.2, -0.15) is 5.06 Å². The van der Waals surface area contributed by atoms with Crippen molar-refractivity contribution >= 4 is 23.6 Å². The first-order valence-electron chi connectivity index (χ1n) is 6.54. The average molecular weight is 292 g/mol. The van der Waals surface area contributed by atoms with Gasteiger partial charge in [-0.15, -0.1) is 17.9 Å². The molecule has 20 heavy (non-hydrogen) atoms. The number of amides is 2. The van der Waals surface area contributed by atoms with Gasteiger partial charge in [0.15, 0.2) is 0 Å². The molecule has 2 unspecified atom stereocenters. The third kappa shape index (κ3) is 1.94. The molecule has 0 spiro atoms. The van der Waals surface area contributed by atoms with Crippen LogP contribution in [0.15, 0.2) is 23.2 Å². The van der Waals surface area contributed by atoms with Crippen molar-refractivity contribution in [1.29, 1.82) is 0 Å². The maximum absolute atomic E-state index is 12.4. The molecule has 0 aliphatic carbocycles. The predicted octanol–water partition coefficient (Wildman–Crippen LogP) is 2.18. The van der Waals surface area contributed by atoms with E-state index in [-0.39, 0.29) is 18.1 Å². The monoisotopic (exact) mass is 292 g/mol. The lowest BCUT2D eigenvalue weighted by Crippen LogP contribution is -2.35. The van der Waals surface area contributed by atoms with Gasteiger partial charge in [-0.05, 0) is 6.92 Å². The van der Waals surface area contributed by atoms with Crippen molar-refractivity contribution in [2.75, 3.05) is 19.7 Å². The first kappa shape index (κ1) is 13.3. The van der Waals surface area contributed by atoms with E-state index < -0.39 is 0 Å². The van der Waals surface area contributed by atoms with E-state index in [1.807, 2.05) is 18.6 Å². The van der Waals surface area contributed by atoms with Crippen LogP contribution in [-0.4, -0.2) is 46.9 Å². The zero-order valence-corrected chi connectivity index (χ0v) is 12.0. The molecule has 2 atom stereocenters. The van der Waals surface area contributed by atoms with Gasteiger partial charge in [0.05, 0.1) is 29.2 Å². The Balaban J connectivity index is 1.96. The molecule has 2 aliphatic heterocycles. The SMILES string of the molecule is C=CCON1C(=O)N2CC1c1scnc1C2/C=N/CC. The van der Waals surface area contributed by atoms with E-state index in [1.54, 1.807) is 22.3 Å². The molecule has 2 bridgehead atoms. The molecule has 2 aliphatic rings. The zero-order valence-electron chi connectivity index (χ0n) is 11.2. The minimum Gasteiger partial charge on any atom is -0.307 e. The van der Waals surface area contributed by atoms with E-state index >= 15 is 0 Å². The Hall–Kier alpha value is -1.73. The third-order valence-corrected chi connectivity index (χ3v) is 4.34. The molecule has 7 heteroatoms. The van der Waals surface area contributed by atoms with Crippen LogP contribution in [0.3, 0.4) is 0 Å². The number of carbonyl (C=O) groups excluding carboxylic acids is 1. The van der Waals surface area contributed by atoms with Crippen LogP contribution in [0.4, 0.5) is 4.79 Å². The van der Waals surface area contributed by atoms with E-state index in [4.69, 9.17) is 4.84 Å². The van der Waals surface area contributed by atoms with Crippen molar-refractivity contribution in [2.45, 2.75) is 19.0 Å². The number of urea groups is 1. The molecule has 1 fully saturated rings. The smallest absolute Gasteiger partial charge is 0.307 e. The molecular formula is C13H16N4O2S. The number of carbonyl (C=O) groups is 1. The maximum Gasteiger partial charge on any atom is 0.345 e. The first-order valence-corrected chi connectivity index (χ1v) is 7.42. The summed E-state index contributed by atoms with van der Waals surface area (Å²) in [5, 5.41) is 1.44. The normalized spacial score (nSPS) is 24.6. The highest BCUT2D eigenvalue weighted by molar-refractivity contribution is 7.09. The first-order chi connectivity index (χ1) is 9.77. The van der Waals surface area contributed by atoms with Gasteiger partial charge in [0, 0.05) is 12.8 Å². The molecule has 0 N–H and O–H groups in total. The summed E-state index contributed by atoms with van der Waals surface area (Å²) in [5.74, 6) is 0. The Morgan fingerprint density at radius 1 is 1.70 bits per heavy atom. The van der Waals surface area contributed by atoms with Crippen LogP contribution < -0.4 is 0 Å². The molecule has 106 valence electrons. The van der Waals surface area contributed by atoms with Crippen LogP contribution in [0.1, 0.15) is 29.6 Å². The molecule has 3 rings (SSSR count). The summed E-state index contributed by atoms with van der Waals surface area (Å²) in [6.45, 7) is 7.21.